The summed E-state index contributed by atoms with van der Waals surface area (Å²) >= 11 is 0. The highest BCUT2D eigenvalue weighted by Crippen LogP contribution is 2.26. The number of carbonyl (C=O) groups excluding carboxylic acids is 1. The average molecular weight is 167 g/mol. The minimum Gasteiger partial charge on any atom is -0.338 e. The third-order valence-electron chi connectivity index (χ3n) is 1.95. The lowest BCUT2D eigenvalue weighted by atomic mass is 10.3. The van der Waals surface area contributed by atoms with Crippen molar-refractivity contribution in [1.82, 2.24) is 4.90 Å². The van der Waals surface area contributed by atoms with E-state index >= 15 is 0 Å². The van der Waals surface area contributed by atoms with Gasteiger partial charge in [-0.2, -0.15) is 5.26 Å². The van der Waals surface area contributed by atoms with Gasteiger partial charge < -0.3 is 10.6 Å². The quantitative estimate of drug-likeness (QED) is 0.633. The molecule has 0 aromatic rings. The van der Waals surface area contributed by atoms with E-state index in [4.69, 9.17) is 11.0 Å². The van der Waals surface area contributed by atoms with Crippen LogP contribution in [0.1, 0.15) is 19.3 Å². The predicted molar refractivity (Wildman–Crippen MR) is 44.0 cm³/mol. The van der Waals surface area contributed by atoms with E-state index in [1.165, 1.54) is 0 Å². The van der Waals surface area contributed by atoms with Crippen molar-refractivity contribution < 1.29 is 4.79 Å². The first-order valence-electron chi connectivity index (χ1n) is 4.16. The van der Waals surface area contributed by atoms with Crippen molar-refractivity contribution in [3.05, 3.63) is 0 Å². The number of hydrogen-bond donors (Lipinski definition) is 1. The third kappa shape index (κ3) is 2.21. The van der Waals surface area contributed by atoms with Crippen molar-refractivity contribution in [1.29, 1.82) is 5.26 Å². The van der Waals surface area contributed by atoms with E-state index < -0.39 is 0 Å². The van der Waals surface area contributed by atoms with Crippen LogP contribution in [-0.2, 0) is 4.79 Å². The molecule has 1 aliphatic rings. The summed E-state index contributed by atoms with van der Waals surface area (Å²) in [5, 5.41) is 8.35. The molecule has 12 heavy (non-hydrogen) atoms. The van der Waals surface area contributed by atoms with Crippen LogP contribution in [-0.4, -0.2) is 29.9 Å². The minimum absolute atomic E-state index is 0.0345. The molecule has 0 spiro atoms. The summed E-state index contributed by atoms with van der Waals surface area (Å²) in [7, 11) is 0. The number of nitriles is 1. The van der Waals surface area contributed by atoms with Gasteiger partial charge in [-0.25, -0.2) is 0 Å². The topological polar surface area (TPSA) is 70.1 Å². The molecule has 1 aliphatic carbocycles. The molecule has 1 fully saturated rings. The van der Waals surface area contributed by atoms with Crippen LogP contribution in [0, 0.1) is 11.3 Å². The van der Waals surface area contributed by atoms with Crippen molar-refractivity contribution >= 4 is 5.91 Å². The van der Waals surface area contributed by atoms with Crippen molar-refractivity contribution in [2.24, 2.45) is 5.73 Å². The maximum Gasteiger partial charge on any atom is 0.236 e. The standard InChI is InChI=1S/C8H13N3O/c9-4-1-5-11(7-2-3-7)8(12)6-10/h7H,1-3,5-6,10H2. The first-order valence-corrected chi connectivity index (χ1v) is 4.16. The van der Waals surface area contributed by atoms with E-state index in [9.17, 15) is 4.79 Å². The molecule has 2 N–H and O–H groups in total. The molecule has 0 aromatic heterocycles. The van der Waals surface area contributed by atoms with Gasteiger partial charge in [0.1, 0.15) is 0 Å². The normalized spacial score (nSPS) is 15.3. The molecular weight excluding hydrogens is 154 g/mol. The van der Waals surface area contributed by atoms with Gasteiger partial charge in [0.25, 0.3) is 0 Å². The molecule has 0 bridgehead atoms. The summed E-state index contributed by atoms with van der Waals surface area (Å²) < 4.78 is 0. The number of nitrogens with two attached hydrogens (primary N) is 1. The minimum atomic E-state index is -0.0345. The molecule has 0 aromatic carbocycles. The van der Waals surface area contributed by atoms with Gasteiger partial charge in [-0.15, -0.1) is 0 Å². The Balaban J connectivity index is 2.38. The number of amides is 1. The summed E-state index contributed by atoms with van der Waals surface area (Å²) in [5.74, 6) is -0.0345. The second-order valence-corrected chi connectivity index (χ2v) is 2.93. The molecule has 0 atom stereocenters. The molecule has 0 radical (unpaired) electrons. The maximum absolute atomic E-state index is 11.2. The number of rotatable bonds is 4. The molecule has 4 nitrogen and oxygen atoms in total. The molecule has 1 amide bonds. The van der Waals surface area contributed by atoms with E-state index in [0.717, 1.165) is 12.8 Å². The smallest absolute Gasteiger partial charge is 0.236 e. The van der Waals surface area contributed by atoms with Crippen molar-refractivity contribution in [2.75, 3.05) is 13.1 Å². The lowest BCUT2D eigenvalue weighted by molar-refractivity contribution is -0.130. The molecule has 0 saturated heterocycles. The fourth-order valence-corrected chi connectivity index (χ4v) is 1.18. The molecular formula is C8H13N3O. The lowest BCUT2D eigenvalue weighted by Gasteiger charge is -2.19. The summed E-state index contributed by atoms with van der Waals surface area (Å²) in [6.07, 6.45) is 2.54. The molecule has 4 heteroatoms. The van der Waals surface area contributed by atoms with Gasteiger partial charge in [0, 0.05) is 12.6 Å². The number of hydrogen-bond acceptors (Lipinski definition) is 3. The highest BCUT2D eigenvalue weighted by atomic mass is 16.2. The molecule has 66 valence electrons. The summed E-state index contributed by atoms with van der Waals surface area (Å²) in [6.45, 7) is 0.596. The molecule has 0 aliphatic heterocycles. The second-order valence-electron chi connectivity index (χ2n) is 2.93. The third-order valence-corrected chi connectivity index (χ3v) is 1.95. The Bertz CT molecular complexity index is 205. The molecule has 0 heterocycles. The zero-order chi connectivity index (χ0) is 8.97. The average Bonchev–Trinajstić information content (AvgIpc) is 2.88. The van der Waals surface area contributed by atoms with Crippen LogP contribution < -0.4 is 5.73 Å². The fraction of sp³-hybridized carbons (Fsp3) is 0.750. The Labute approximate surface area is 71.9 Å². The SMILES string of the molecule is N#CCCN(C(=O)CN)C1CC1. The van der Waals surface area contributed by atoms with Gasteiger partial charge in [0.15, 0.2) is 0 Å². The van der Waals surface area contributed by atoms with Crippen LogP contribution in [0.15, 0.2) is 0 Å². The monoisotopic (exact) mass is 167 g/mol. The van der Waals surface area contributed by atoms with Crippen LogP contribution in [0.25, 0.3) is 0 Å². The zero-order valence-corrected chi connectivity index (χ0v) is 6.99. The van der Waals surface area contributed by atoms with Crippen LogP contribution in [0.3, 0.4) is 0 Å². The van der Waals surface area contributed by atoms with Crippen LogP contribution >= 0.6 is 0 Å². The Morgan fingerprint density at radius 1 is 1.67 bits per heavy atom. The predicted octanol–water partition coefficient (Wildman–Crippen LogP) is -0.150. The van der Waals surface area contributed by atoms with Crippen molar-refractivity contribution in [3.63, 3.8) is 0 Å². The summed E-state index contributed by atoms with van der Waals surface area (Å²) in [5.41, 5.74) is 5.24. The zero-order valence-electron chi connectivity index (χ0n) is 6.99. The van der Waals surface area contributed by atoms with Crippen molar-refractivity contribution in [2.45, 2.75) is 25.3 Å². The van der Waals surface area contributed by atoms with Gasteiger partial charge in [-0.1, -0.05) is 0 Å². The van der Waals surface area contributed by atoms with Gasteiger partial charge in [-0.3, -0.25) is 4.79 Å². The summed E-state index contributed by atoms with van der Waals surface area (Å²) in [6, 6.07) is 2.39. The Morgan fingerprint density at radius 3 is 2.75 bits per heavy atom. The number of nitrogens with zero attached hydrogens (tertiary/aromatic N) is 2. The van der Waals surface area contributed by atoms with Gasteiger partial charge in [0.05, 0.1) is 19.0 Å². The lowest BCUT2D eigenvalue weighted by Crippen LogP contribution is -2.38. The first kappa shape index (κ1) is 9.01. The van der Waals surface area contributed by atoms with E-state index in [1.807, 2.05) is 6.07 Å². The van der Waals surface area contributed by atoms with Crippen LogP contribution in [0.2, 0.25) is 0 Å². The Hall–Kier alpha value is -1.08. The second kappa shape index (κ2) is 4.07. The molecule has 0 unspecified atom stereocenters. The molecule has 1 rings (SSSR count). The summed E-state index contributed by atoms with van der Waals surface area (Å²) in [4.78, 5) is 12.9. The maximum atomic E-state index is 11.2. The first-order chi connectivity index (χ1) is 5.79. The Kier molecular flexibility index (Phi) is 3.06. The van der Waals surface area contributed by atoms with E-state index in [1.54, 1.807) is 4.90 Å². The highest BCUT2D eigenvalue weighted by Gasteiger charge is 2.31. The van der Waals surface area contributed by atoms with Gasteiger partial charge >= 0.3 is 0 Å². The van der Waals surface area contributed by atoms with E-state index in [2.05, 4.69) is 0 Å². The molecule has 1 saturated carbocycles. The van der Waals surface area contributed by atoms with Gasteiger partial charge in [-0.05, 0) is 12.8 Å². The van der Waals surface area contributed by atoms with Gasteiger partial charge in [0.2, 0.25) is 5.91 Å². The van der Waals surface area contributed by atoms with E-state index in [-0.39, 0.29) is 12.5 Å². The van der Waals surface area contributed by atoms with E-state index in [0.29, 0.717) is 19.0 Å². The fourth-order valence-electron chi connectivity index (χ4n) is 1.18. The van der Waals surface area contributed by atoms with Crippen LogP contribution in [0.4, 0.5) is 0 Å². The Morgan fingerprint density at radius 2 is 2.33 bits per heavy atom. The number of carbonyl (C=O) groups is 1. The highest BCUT2D eigenvalue weighted by molar-refractivity contribution is 5.78. The largest absolute Gasteiger partial charge is 0.338 e. The van der Waals surface area contributed by atoms with Crippen LogP contribution in [0.5, 0.6) is 0 Å². The van der Waals surface area contributed by atoms with Crippen molar-refractivity contribution in [3.8, 4) is 6.07 Å².